The van der Waals surface area contributed by atoms with Gasteiger partial charge in [-0.25, -0.2) is 0 Å². The molecule has 0 fully saturated rings. The third-order valence-electron chi connectivity index (χ3n) is 2.00. The minimum atomic E-state index is -0.321. The second kappa shape index (κ2) is 7.25. The maximum atomic E-state index is 10.6. The molecule has 0 spiro atoms. The number of rotatable bonds is 8. The number of amides is 1. The van der Waals surface area contributed by atoms with Crippen molar-refractivity contribution in [3.05, 3.63) is 0 Å². The fourth-order valence-corrected chi connectivity index (χ4v) is 1.20. The fraction of sp³-hybridized carbons (Fsp3) is 0.600. The van der Waals surface area contributed by atoms with Crippen molar-refractivity contribution in [3.8, 4) is 6.01 Å². The van der Waals surface area contributed by atoms with E-state index in [2.05, 4.69) is 25.6 Å². The number of nitrogens with one attached hydrogen (secondary N) is 2. The fourth-order valence-electron chi connectivity index (χ4n) is 1.20. The van der Waals surface area contributed by atoms with Crippen LogP contribution in [0.15, 0.2) is 0 Å². The van der Waals surface area contributed by atoms with Crippen LogP contribution in [0.25, 0.3) is 0 Å². The van der Waals surface area contributed by atoms with Gasteiger partial charge in [-0.15, -0.1) is 0 Å². The Morgan fingerprint density at radius 3 is 2.67 bits per heavy atom. The van der Waals surface area contributed by atoms with Gasteiger partial charge in [-0.3, -0.25) is 4.79 Å². The summed E-state index contributed by atoms with van der Waals surface area (Å²) in [6.07, 6.45) is 0.954. The highest BCUT2D eigenvalue weighted by molar-refractivity contribution is 5.73. The maximum Gasteiger partial charge on any atom is 0.323 e. The average molecular weight is 254 g/mol. The summed E-state index contributed by atoms with van der Waals surface area (Å²) in [6.45, 7) is 2.89. The molecule has 0 atom stereocenters. The molecule has 0 aliphatic carbocycles. The molecule has 8 heteroatoms. The van der Waals surface area contributed by atoms with Crippen LogP contribution < -0.4 is 21.1 Å². The number of nitrogens with zero attached hydrogens (tertiary/aromatic N) is 3. The Balaban J connectivity index is 2.57. The number of carbonyl (C=O) groups is 1. The van der Waals surface area contributed by atoms with Crippen molar-refractivity contribution < 1.29 is 9.53 Å². The van der Waals surface area contributed by atoms with Gasteiger partial charge in [-0.1, -0.05) is 0 Å². The predicted molar refractivity (Wildman–Crippen MR) is 67.5 cm³/mol. The van der Waals surface area contributed by atoms with Crippen LogP contribution in [0.4, 0.5) is 11.9 Å². The van der Waals surface area contributed by atoms with Gasteiger partial charge in [0.15, 0.2) is 0 Å². The van der Waals surface area contributed by atoms with E-state index in [1.165, 1.54) is 0 Å². The summed E-state index contributed by atoms with van der Waals surface area (Å²) in [5, 5.41) is 5.80. The van der Waals surface area contributed by atoms with Crippen molar-refractivity contribution in [1.82, 2.24) is 15.0 Å². The smallest absolute Gasteiger partial charge is 0.323 e. The standard InChI is InChI=1S/C10H18N6O2/c1-3-18-10-15-8(12-2)14-9(16-10)13-6-4-5-7(11)17/h3-6H2,1-2H3,(H2,11,17)(H2,12,13,14,15,16). The van der Waals surface area contributed by atoms with Crippen LogP contribution in [-0.2, 0) is 4.79 Å². The number of primary amides is 1. The number of hydrogen-bond donors (Lipinski definition) is 3. The van der Waals surface area contributed by atoms with Crippen LogP contribution in [0, 0.1) is 0 Å². The van der Waals surface area contributed by atoms with E-state index < -0.39 is 0 Å². The molecule has 18 heavy (non-hydrogen) atoms. The highest BCUT2D eigenvalue weighted by Crippen LogP contribution is 2.10. The van der Waals surface area contributed by atoms with Gasteiger partial charge in [0.1, 0.15) is 0 Å². The van der Waals surface area contributed by atoms with E-state index in [4.69, 9.17) is 10.5 Å². The lowest BCUT2D eigenvalue weighted by molar-refractivity contribution is -0.118. The van der Waals surface area contributed by atoms with E-state index in [9.17, 15) is 4.79 Å². The highest BCUT2D eigenvalue weighted by Gasteiger charge is 2.05. The van der Waals surface area contributed by atoms with Gasteiger partial charge < -0.3 is 21.1 Å². The molecule has 1 rings (SSSR count). The van der Waals surface area contributed by atoms with E-state index in [0.29, 0.717) is 37.9 Å². The van der Waals surface area contributed by atoms with Crippen molar-refractivity contribution in [2.24, 2.45) is 5.73 Å². The average Bonchev–Trinajstić information content (AvgIpc) is 2.34. The third-order valence-corrected chi connectivity index (χ3v) is 2.00. The Bertz CT molecular complexity index is 398. The van der Waals surface area contributed by atoms with E-state index in [1.54, 1.807) is 7.05 Å². The quantitative estimate of drug-likeness (QED) is 0.559. The summed E-state index contributed by atoms with van der Waals surface area (Å²) < 4.78 is 5.22. The topological polar surface area (TPSA) is 115 Å². The maximum absolute atomic E-state index is 10.6. The molecule has 8 nitrogen and oxygen atoms in total. The molecular weight excluding hydrogens is 236 g/mol. The molecule has 0 aliphatic heterocycles. The van der Waals surface area contributed by atoms with Crippen LogP contribution in [0.3, 0.4) is 0 Å². The van der Waals surface area contributed by atoms with E-state index in [0.717, 1.165) is 0 Å². The monoisotopic (exact) mass is 254 g/mol. The van der Waals surface area contributed by atoms with Gasteiger partial charge in [0, 0.05) is 20.0 Å². The summed E-state index contributed by atoms with van der Waals surface area (Å²) in [5.41, 5.74) is 5.04. The molecular formula is C10H18N6O2. The molecule has 0 radical (unpaired) electrons. The van der Waals surface area contributed by atoms with Crippen LogP contribution in [0.1, 0.15) is 19.8 Å². The van der Waals surface area contributed by atoms with Crippen molar-refractivity contribution >= 4 is 17.8 Å². The second-order valence-electron chi connectivity index (χ2n) is 3.44. The SMILES string of the molecule is CCOc1nc(NC)nc(NCCCC(N)=O)n1. The molecule has 1 amide bonds. The molecule has 1 heterocycles. The van der Waals surface area contributed by atoms with Crippen molar-refractivity contribution in [1.29, 1.82) is 0 Å². The first-order valence-corrected chi connectivity index (χ1v) is 5.74. The number of nitrogens with two attached hydrogens (primary N) is 1. The van der Waals surface area contributed by atoms with Gasteiger partial charge in [0.05, 0.1) is 6.61 Å². The van der Waals surface area contributed by atoms with Crippen LogP contribution in [0.5, 0.6) is 6.01 Å². The molecule has 0 aromatic carbocycles. The molecule has 0 bridgehead atoms. The first kappa shape index (κ1) is 13.9. The molecule has 0 unspecified atom stereocenters. The Morgan fingerprint density at radius 2 is 2.06 bits per heavy atom. The Morgan fingerprint density at radius 1 is 1.33 bits per heavy atom. The number of aromatic nitrogens is 3. The van der Waals surface area contributed by atoms with E-state index >= 15 is 0 Å². The Kier molecular flexibility index (Phi) is 5.62. The Hall–Kier alpha value is -2.12. The van der Waals surface area contributed by atoms with Crippen LogP contribution in [-0.4, -0.2) is 41.1 Å². The molecule has 0 aliphatic rings. The van der Waals surface area contributed by atoms with Gasteiger partial charge in [0.2, 0.25) is 17.8 Å². The normalized spacial score (nSPS) is 9.89. The predicted octanol–water partition coefficient (Wildman–Crippen LogP) is -0.0106. The zero-order valence-corrected chi connectivity index (χ0v) is 10.6. The highest BCUT2D eigenvalue weighted by atomic mass is 16.5. The molecule has 1 aromatic rings. The summed E-state index contributed by atoms with van der Waals surface area (Å²) in [4.78, 5) is 22.8. The summed E-state index contributed by atoms with van der Waals surface area (Å²) in [7, 11) is 1.71. The van der Waals surface area contributed by atoms with Crippen LogP contribution >= 0.6 is 0 Å². The van der Waals surface area contributed by atoms with Gasteiger partial charge >= 0.3 is 6.01 Å². The van der Waals surface area contributed by atoms with E-state index in [1.807, 2.05) is 6.92 Å². The number of hydrogen-bond acceptors (Lipinski definition) is 7. The number of anilines is 2. The summed E-state index contributed by atoms with van der Waals surface area (Å²) in [6, 6.07) is 0.259. The minimum absolute atomic E-state index is 0.259. The summed E-state index contributed by atoms with van der Waals surface area (Å²) in [5.74, 6) is 0.506. The molecule has 0 saturated carbocycles. The van der Waals surface area contributed by atoms with Gasteiger partial charge in [-0.2, -0.15) is 15.0 Å². The van der Waals surface area contributed by atoms with E-state index in [-0.39, 0.29) is 11.9 Å². The van der Waals surface area contributed by atoms with Gasteiger partial charge in [0.25, 0.3) is 0 Å². The van der Waals surface area contributed by atoms with Gasteiger partial charge in [-0.05, 0) is 13.3 Å². The largest absolute Gasteiger partial charge is 0.464 e. The lowest BCUT2D eigenvalue weighted by Crippen LogP contribution is -2.14. The lowest BCUT2D eigenvalue weighted by atomic mass is 10.3. The third kappa shape index (κ3) is 4.81. The zero-order valence-electron chi connectivity index (χ0n) is 10.6. The molecule has 100 valence electrons. The Labute approximate surface area is 105 Å². The lowest BCUT2D eigenvalue weighted by Gasteiger charge is -2.08. The van der Waals surface area contributed by atoms with Crippen molar-refractivity contribution in [3.63, 3.8) is 0 Å². The van der Waals surface area contributed by atoms with Crippen molar-refractivity contribution in [2.45, 2.75) is 19.8 Å². The van der Waals surface area contributed by atoms with Crippen LogP contribution in [0.2, 0.25) is 0 Å². The second-order valence-corrected chi connectivity index (χ2v) is 3.44. The zero-order chi connectivity index (χ0) is 13.4. The first-order chi connectivity index (χ1) is 8.65. The van der Waals surface area contributed by atoms with Crippen molar-refractivity contribution in [2.75, 3.05) is 30.8 Å². The number of carbonyl (C=O) groups excluding carboxylic acids is 1. The minimum Gasteiger partial charge on any atom is -0.464 e. The summed E-state index contributed by atoms with van der Waals surface area (Å²) >= 11 is 0. The molecule has 0 saturated heterocycles. The molecule has 1 aromatic heterocycles. The molecule has 4 N–H and O–H groups in total. The number of ether oxygens (including phenoxy) is 1. The first-order valence-electron chi connectivity index (χ1n) is 5.74.